The van der Waals surface area contributed by atoms with E-state index in [4.69, 9.17) is 4.74 Å². The number of fused-ring (bicyclic) bond motifs is 1. The average Bonchev–Trinajstić information content (AvgIpc) is 2.31. The second-order valence-corrected chi connectivity index (χ2v) is 3.70. The Balaban J connectivity index is 0.000000720. The van der Waals surface area contributed by atoms with E-state index in [2.05, 4.69) is 25.0 Å². The zero-order valence-electron chi connectivity index (χ0n) is 7.20. The molecule has 0 aromatic carbocycles. The van der Waals surface area contributed by atoms with Crippen LogP contribution in [-0.4, -0.2) is 16.4 Å². The topological polar surface area (TPSA) is 27.1 Å². The molecule has 0 amide bonds. The molecule has 1 aromatic heterocycles. The predicted octanol–water partition coefficient (Wildman–Crippen LogP) is 1.10. The summed E-state index contributed by atoms with van der Waals surface area (Å²) in [5, 5.41) is 4.09. The van der Waals surface area contributed by atoms with E-state index in [-0.39, 0.29) is 26.5 Å². The quantitative estimate of drug-likeness (QED) is 0.664. The average molecular weight is 335 g/mol. The fourth-order valence-electron chi connectivity index (χ4n) is 1.22. The van der Waals surface area contributed by atoms with E-state index >= 15 is 0 Å². The van der Waals surface area contributed by atoms with E-state index in [0.29, 0.717) is 0 Å². The number of hydrogen-bond donors (Lipinski definition) is 0. The summed E-state index contributed by atoms with van der Waals surface area (Å²) < 4.78 is 7.27. The van der Waals surface area contributed by atoms with Crippen molar-refractivity contribution in [3.05, 3.63) is 12.3 Å². The van der Waals surface area contributed by atoms with Crippen molar-refractivity contribution < 1.29 is 25.8 Å². The molecule has 2 heterocycles. The number of nitrogens with zero attached hydrogens (tertiary/aromatic N) is 2. The van der Waals surface area contributed by atoms with Crippen molar-refractivity contribution in [1.82, 2.24) is 9.78 Å². The van der Waals surface area contributed by atoms with E-state index in [1.807, 2.05) is 4.68 Å². The Labute approximate surface area is 86.4 Å². The van der Waals surface area contributed by atoms with Crippen LogP contribution in [0, 0.1) is 11.5 Å². The molecule has 0 saturated heterocycles. The summed E-state index contributed by atoms with van der Waals surface area (Å²) in [4.78, 5) is 0. The molecule has 0 unspecified atom stereocenters. The maximum absolute atomic E-state index is 5.42. The monoisotopic (exact) mass is 335 g/mol. The molecule has 0 fully saturated rings. The summed E-state index contributed by atoms with van der Waals surface area (Å²) in [6.07, 6.45) is 1.65. The van der Waals surface area contributed by atoms with Gasteiger partial charge in [-0.3, -0.25) is 4.68 Å². The SMILES string of the molecule is CC1(C)COc2[c-]cnn2C1.[W]. The molecular formula is C8H11N2OW-. The van der Waals surface area contributed by atoms with Gasteiger partial charge in [0.05, 0.1) is 6.61 Å². The van der Waals surface area contributed by atoms with Gasteiger partial charge in [0, 0.05) is 38.9 Å². The van der Waals surface area contributed by atoms with Gasteiger partial charge < -0.3 is 10.8 Å². The summed E-state index contributed by atoms with van der Waals surface area (Å²) in [5.41, 5.74) is 0.201. The van der Waals surface area contributed by atoms with Gasteiger partial charge in [-0.1, -0.05) is 13.8 Å². The summed E-state index contributed by atoms with van der Waals surface area (Å²) in [6.45, 7) is 6.01. The molecule has 0 spiro atoms. The molecule has 1 aliphatic rings. The van der Waals surface area contributed by atoms with Gasteiger partial charge in [-0.25, -0.2) is 5.10 Å². The first-order valence-electron chi connectivity index (χ1n) is 3.74. The van der Waals surface area contributed by atoms with Gasteiger partial charge in [0.25, 0.3) is 0 Å². The zero-order chi connectivity index (χ0) is 7.90. The fourth-order valence-corrected chi connectivity index (χ4v) is 1.22. The molecule has 12 heavy (non-hydrogen) atoms. The Hall–Kier alpha value is -0.302. The van der Waals surface area contributed by atoms with Crippen LogP contribution in [0.25, 0.3) is 0 Å². The van der Waals surface area contributed by atoms with Crippen molar-refractivity contribution in [3.8, 4) is 5.88 Å². The number of hydrogen-bond acceptors (Lipinski definition) is 2. The maximum Gasteiger partial charge on any atom is 0.0929 e. The van der Waals surface area contributed by atoms with Crippen molar-refractivity contribution in [1.29, 1.82) is 0 Å². The summed E-state index contributed by atoms with van der Waals surface area (Å²) in [6, 6.07) is 2.92. The molecule has 0 bridgehead atoms. The van der Waals surface area contributed by atoms with Crippen molar-refractivity contribution >= 4 is 0 Å². The molecule has 1 aliphatic heterocycles. The maximum atomic E-state index is 5.42. The summed E-state index contributed by atoms with van der Waals surface area (Å²) in [5.74, 6) is 0.768. The fraction of sp³-hybridized carbons (Fsp3) is 0.625. The molecule has 2 rings (SSSR count). The molecule has 0 atom stereocenters. The van der Waals surface area contributed by atoms with Gasteiger partial charge in [-0.2, -0.15) is 0 Å². The van der Waals surface area contributed by atoms with Gasteiger partial charge in [0.1, 0.15) is 0 Å². The third-order valence-corrected chi connectivity index (χ3v) is 1.80. The zero-order valence-corrected chi connectivity index (χ0v) is 10.1. The Morgan fingerprint density at radius 1 is 1.67 bits per heavy atom. The molecule has 0 saturated carbocycles. The van der Waals surface area contributed by atoms with Gasteiger partial charge in [-0.15, -0.1) is 6.20 Å². The van der Waals surface area contributed by atoms with Crippen molar-refractivity contribution in [2.24, 2.45) is 5.41 Å². The molecule has 4 heteroatoms. The number of aromatic nitrogens is 2. The van der Waals surface area contributed by atoms with Crippen LogP contribution in [0.4, 0.5) is 0 Å². The van der Waals surface area contributed by atoms with Crippen LogP contribution in [0.3, 0.4) is 0 Å². The molecule has 66 valence electrons. The third-order valence-electron chi connectivity index (χ3n) is 1.80. The minimum Gasteiger partial charge on any atom is -0.511 e. The first kappa shape index (κ1) is 9.78. The van der Waals surface area contributed by atoms with E-state index < -0.39 is 0 Å². The van der Waals surface area contributed by atoms with Crippen molar-refractivity contribution in [2.45, 2.75) is 20.4 Å². The summed E-state index contributed by atoms with van der Waals surface area (Å²) in [7, 11) is 0. The normalized spacial score (nSPS) is 18.8. The molecule has 3 nitrogen and oxygen atoms in total. The molecule has 0 N–H and O–H groups in total. The molecule has 0 aliphatic carbocycles. The number of rotatable bonds is 0. The Morgan fingerprint density at radius 3 is 3.17 bits per heavy atom. The summed E-state index contributed by atoms with van der Waals surface area (Å²) >= 11 is 0. The Bertz CT molecular complexity index is 270. The smallest absolute Gasteiger partial charge is 0.0929 e. The standard InChI is InChI=1S/C8H11N2O.W/c1-8(2)5-10-7(11-6-8)3-4-9-10;/h4H,5-6H2,1-2H3;/q-1;. The van der Waals surface area contributed by atoms with Crippen LogP contribution in [0.5, 0.6) is 5.88 Å². The van der Waals surface area contributed by atoms with Crippen LogP contribution in [0.15, 0.2) is 6.20 Å². The van der Waals surface area contributed by atoms with E-state index in [0.717, 1.165) is 19.0 Å². The van der Waals surface area contributed by atoms with E-state index in [9.17, 15) is 0 Å². The van der Waals surface area contributed by atoms with Crippen LogP contribution in [0.1, 0.15) is 13.8 Å². The van der Waals surface area contributed by atoms with Gasteiger partial charge in [-0.05, 0) is 0 Å². The predicted molar refractivity (Wildman–Crippen MR) is 40.3 cm³/mol. The van der Waals surface area contributed by atoms with E-state index in [1.54, 1.807) is 6.20 Å². The van der Waals surface area contributed by atoms with Crippen LogP contribution >= 0.6 is 0 Å². The van der Waals surface area contributed by atoms with E-state index in [1.165, 1.54) is 0 Å². The molecule has 0 radical (unpaired) electrons. The van der Waals surface area contributed by atoms with Crippen LogP contribution in [0.2, 0.25) is 0 Å². The minimum absolute atomic E-state index is 0. The minimum atomic E-state index is 0. The first-order valence-corrected chi connectivity index (χ1v) is 3.74. The Kier molecular flexibility index (Phi) is 2.62. The first-order chi connectivity index (χ1) is 5.17. The number of ether oxygens (including phenoxy) is 1. The van der Waals surface area contributed by atoms with Crippen LogP contribution < -0.4 is 4.74 Å². The second kappa shape index (κ2) is 3.21. The van der Waals surface area contributed by atoms with Crippen LogP contribution in [-0.2, 0) is 27.6 Å². The molecule has 1 aromatic rings. The Morgan fingerprint density at radius 2 is 2.42 bits per heavy atom. The largest absolute Gasteiger partial charge is 0.511 e. The third kappa shape index (κ3) is 1.71. The van der Waals surface area contributed by atoms with Gasteiger partial charge in [0.2, 0.25) is 0 Å². The van der Waals surface area contributed by atoms with Crippen molar-refractivity contribution in [3.63, 3.8) is 0 Å². The molecular weight excluding hydrogens is 324 g/mol. The second-order valence-electron chi connectivity index (χ2n) is 3.70. The van der Waals surface area contributed by atoms with Gasteiger partial charge >= 0.3 is 0 Å². The van der Waals surface area contributed by atoms with Crippen molar-refractivity contribution in [2.75, 3.05) is 6.61 Å². The van der Waals surface area contributed by atoms with Gasteiger partial charge in [0.15, 0.2) is 0 Å².